The summed E-state index contributed by atoms with van der Waals surface area (Å²) in [6.45, 7) is 5.83. The molecule has 0 amide bonds. The van der Waals surface area contributed by atoms with Crippen LogP contribution in [0.3, 0.4) is 0 Å². The lowest BCUT2D eigenvalue weighted by atomic mass is 9.97. The van der Waals surface area contributed by atoms with E-state index in [4.69, 9.17) is 5.84 Å². The molecule has 3 nitrogen and oxygen atoms in total. The van der Waals surface area contributed by atoms with Gasteiger partial charge in [0.2, 0.25) is 5.78 Å². The number of rotatable bonds is 2. The summed E-state index contributed by atoms with van der Waals surface area (Å²) >= 11 is 0. The van der Waals surface area contributed by atoms with Crippen molar-refractivity contribution in [3.63, 3.8) is 0 Å². The van der Waals surface area contributed by atoms with Crippen LogP contribution in [-0.4, -0.2) is 12.0 Å². The number of nitrogens with zero attached hydrogens (tertiary/aromatic N) is 1. The molecule has 0 spiro atoms. The van der Waals surface area contributed by atoms with E-state index >= 15 is 0 Å². The number of carbonyl (C=O) groups is 1. The summed E-state index contributed by atoms with van der Waals surface area (Å²) in [5.74, 6) is 4.81. The summed E-state index contributed by atoms with van der Waals surface area (Å²) in [5, 5.41) is 3.24. The number of nitrogens with two attached hydrogens (primary N) is 1. The lowest BCUT2D eigenvalue weighted by Crippen LogP contribution is -2.07. The molecule has 0 aliphatic carbocycles. The Balaban J connectivity index is 3.27. The monoisotopic (exact) mass is 190 g/mol. The molecule has 0 aliphatic rings. The fourth-order valence-electron chi connectivity index (χ4n) is 1.70. The van der Waals surface area contributed by atoms with Crippen molar-refractivity contribution in [3.05, 3.63) is 34.4 Å². The SMILES string of the molecule is Cc1cc(C)c(C(=O)/C=N\N)c(C)c1. The fourth-order valence-corrected chi connectivity index (χ4v) is 1.70. The fraction of sp³-hybridized carbons (Fsp3) is 0.273. The molecular weight excluding hydrogens is 176 g/mol. The predicted octanol–water partition coefficient (Wildman–Crippen LogP) is 1.74. The molecular formula is C11H14N2O. The van der Waals surface area contributed by atoms with E-state index in [1.807, 2.05) is 32.9 Å². The highest BCUT2D eigenvalue weighted by Gasteiger charge is 2.10. The lowest BCUT2D eigenvalue weighted by molar-refractivity contribution is 0.106. The number of hydrogen-bond donors (Lipinski definition) is 1. The van der Waals surface area contributed by atoms with Crippen LogP contribution in [0.25, 0.3) is 0 Å². The van der Waals surface area contributed by atoms with Crippen LogP contribution in [0.1, 0.15) is 27.0 Å². The van der Waals surface area contributed by atoms with E-state index in [-0.39, 0.29) is 5.78 Å². The molecule has 74 valence electrons. The van der Waals surface area contributed by atoms with Crippen LogP contribution < -0.4 is 5.84 Å². The first kappa shape index (κ1) is 10.4. The van der Waals surface area contributed by atoms with E-state index < -0.39 is 0 Å². The van der Waals surface area contributed by atoms with E-state index in [9.17, 15) is 4.79 Å². The third kappa shape index (κ3) is 1.99. The largest absolute Gasteiger partial charge is 0.323 e. The van der Waals surface area contributed by atoms with Gasteiger partial charge in [0, 0.05) is 5.56 Å². The van der Waals surface area contributed by atoms with Crippen LogP contribution in [0.15, 0.2) is 17.2 Å². The highest BCUT2D eigenvalue weighted by Crippen LogP contribution is 2.16. The molecule has 3 heteroatoms. The molecule has 0 atom stereocenters. The Bertz CT molecular complexity index is 371. The molecule has 0 heterocycles. The van der Waals surface area contributed by atoms with Gasteiger partial charge in [0.25, 0.3) is 0 Å². The van der Waals surface area contributed by atoms with E-state index in [1.54, 1.807) is 0 Å². The quantitative estimate of drug-likeness (QED) is 0.334. The average Bonchev–Trinajstić information content (AvgIpc) is 2.01. The standard InChI is InChI=1S/C11H14N2O/c1-7-4-8(2)11(9(3)5-7)10(14)6-13-12/h4-6H,12H2,1-3H3/b13-6-. The second kappa shape index (κ2) is 4.05. The van der Waals surface area contributed by atoms with Gasteiger partial charge in [-0.15, -0.1) is 0 Å². The van der Waals surface area contributed by atoms with Crippen molar-refractivity contribution in [2.45, 2.75) is 20.8 Å². The van der Waals surface area contributed by atoms with E-state index in [1.165, 1.54) is 0 Å². The maximum absolute atomic E-state index is 11.6. The summed E-state index contributed by atoms with van der Waals surface area (Å²) in [4.78, 5) is 11.6. The molecule has 0 aromatic heterocycles. The molecule has 0 aliphatic heterocycles. The Morgan fingerprint density at radius 3 is 2.21 bits per heavy atom. The molecule has 0 bridgehead atoms. The summed E-state index contributed by atoms with van der Waals surface area (Å²) in [7, 11) is 0. The second-order valence-electron chi connectivity index (χ2n) is 3.42. The number of hydrazone groups is 1. The van der Waals surface area contributed by atoms with Crippen molar-refractivity contribution < 1.29 is 4.79 Å². The lowest BCUT2D eigenvalue weighted by Gasteiger charge is -2.07. The Hall–Kier alpha value is -1.64. The molecule has 1 aromatic rings. The van der Waals surface area contributed by atoms with Crippen molar-refractivity contribution >= 4 is 12.0 Å². The van der Waals surface area contributed by atoms with Gasteiger partial charge in [-0.3, -0.25) is 4.79 Å². The van der Waals surface area contributed by atoms with E-state index in [0.29, 0.717) is 5.56 Å². The van der Waals surface area contributed by atoms with Crippen LogP contribution in [0.5, 0.6) is 0 Å². The van der Waals surface area contributed by atoms with E-state index in [0.717, 1.165) is 22.9 Å². The Morgan fingerprint density at radius 2 is 1.79 bits per heavy atom. The zero-order valence-corrected chi connectivity index (χ0v) is 8.66. The summed E-state index contributed by atoms with van der Waals surface area (Å²) in [6.07, 6.45) is 1.14. The third-order valence-electron chi connectivity index (χ3n) is 2.12. The van der Waals surface area contributed by atoms with Crippen LogP contribution in [0.2, 0.25) is 0 Å². The van der Waals surface area contributed by atoms with Gasteiger partial charge in [-0.1, -0.05) is 17.7 Å². The van der Waals surface area contributed by atoms with Crippen LogP contribution in [0.4, 0.5) is 0 Å². The zero-order valence-electron chi connectivity index (χ0n) is 8.66. The smallest absolute Gasteiger partial charge is 0.206 e. The van der Waals surface area contributed by atoms with Crippen LogP contribution in [-0.2, 0) is 0 Å². The van der Waals surface area contributed by atoms with Gasteiger partial charge in [0.15, 0.2) is 0 Å². The van der Waals surface area contributed by atoms with Gasteiger partial charge in [-0.05, 0) is 31.9 Å². The summed E-state index contributed by atoms with van der Waals surface area (Å²) in [5.41, 5.74) is 3.78. The summed E-state index contributed by atoms with van der Waals surface area (Å²) < 4.78 is 0. The molecule has 0 saturated heterocycles. The third-order valence-corrected chi connectivity index (χ3v) is 2.12. The first-order valence-electron chi connectivity index (χ1n) is 4.41. The first-order valence-corrected chi connectivity index (χ1v) is 4.41. The predicted molar refractivity (Wildman–Crippen MR) is 57.7 cm³/mol. The van der Waals surface area contributed by atoms with Crippen LogP contribution >= 0.6 is 0 Å². The molecule has 0 unspecified atom stereocenters. The highest BCUT2D eigenvalue weighted by molar-refractivity contribution is 6.36. The minimum Gasteiger partial charge on any atom is -0.323 e. The number of aryl methyl sites for hydroxylation is 3. The van der Waals surface area contributed by atoms with Gasteiger partial charge in [-0.2, -0.15) is 5.10 Å². The molecule has 0 saturated carbocycles. The Labute approximate surface area is 83.6 Å². The molecule has 1 aromatic carbocycles. The van der Waals surface area contributed by atoms with Crippen molar-refractivity contribution in [1.82, 2.24) is 0 Å². The number of ketones is 1. The zero-order chi connectivity index (χ0) is 10.7. The number of carbonyl (C=O) groups excluding carboxylic acids is 1. The average molecular weight is 190 g/mol. The molecule has 0 fully saturated rings. The second-order valence-corrected chi connectivity index (χ2v) is 3.42. The van der Waals surface area contributed by atoms with Gasteiger partial charge in [-0.25, -0.2) is 0 Å². The van der Waals surface area contributed by atoms with Crippen molar-refractivity contribution in [2.24, 2.45) is 10.9 Å². The van der Waals surface area contributed by atoms with Crippen LogP contribution in [0, 0.1) is 20.8 Å². The van der Waals surface area contributed by atoms with Crippen molar-refractivity contribution in [3.8, 4) is 0 Å². The Morgan fingerprint density at radius 1 is 1.29 bits per heavy atom. The van der Waals surface area contributed by atoms with Gasteiger partial charge in [0.05, 0.1) is 6.21 Å². The van der Waals surface area contributed by atoms with Gasteiger partial charge >= 0.3 is 0 Å². The minimum atomic E-state index is -0.137. The number of hydrogen-bond acceptors (Lipinski definition) is 3. The molecule has 0 radical (unpaired) electrons. The topological polar surface area (TPSA) is 55.5 Å². The molecule has 14 heavy (non-hydrogen) atoms. The molecule has 1 rings (SSSR count). The Kier molecular flexibility index (Phi) is 3.02. The van der Waals surface area contributed by atoms with Gasteiger partial charge < -0.3 is 5.84 Å². The number of benzene rings is 1. The normalized spacial score (nSPS) is 10.8. The van der Waals surface area contributed by atoms with Gasteiger partial charge in [0.1, 0.15) is 0 Å². The maximum atomic E-state index is 11.6. The van der Waals surface area contributed by atoms with Crippen molar-refractivity contribution in [2.75, 3.05) is 0 Å². The summed E-state index contributed by atoms with van der Waals surface area (Å²) in [6, 6.07) is 3.95. The first-order chi connectivity index (χ1) is 6.56. The maximum Gasteiger partial charge on any atom is 0.206 e. The van der Waals surface area contributed by atoms with E-state index in [2.05, 4.69) is 5.10 Å². The van der Waals surface area contributed by atoms with Crippen molar-refractivity contribution in [1.29, 1.82) is 0 Å². The highest BCUT2D eigenvalue weighted by atomic mass is 16.1. The number of Topliss-reactive ketones (excluding diaryl/α,β-unsaturated/α-hetero) is 1. The molecule has 2 N–H and O–H groups in total. The minimum absolute atomic E-state index is 0.137.